The van der Waals surface area contributed by atoms with Crippen molar-refractivity contribution < 1.29 is 14.6 Å². The third kappa shape index (κ3) is 5.23. The van der Waals surface area contributed by atoms with E-state index in [-0.39, 0.29) is 0 Å². The summed E-state index contributed by atoms with van der Waals surface area (Å²) in [6, 6.07) is 14.6. The fraction of sp³-hybridized carbons (Fsp3) is 0.455. The van der Waals surface area contributed by atoms with Crippen LogP contribution in [0, 0.1) is 13.8 Å². The Balaban J connectivity index is 1.53. The van der Waals surface area contributed by atoms with Crippen molar-refractivity contribution >= 4 is 0 Å². The van der Waals surface area contributed by atoms with Crippen molar-refractivity contribution in [1.82, 2.24) is 4.90 Å². The lowest BCUT2D eigenvalue weighted by Gasteiger charge is -2.26. The van der Waals surface area contributed by atoms with E-state index in [0.717, 1.165) is 18.0 Å². The molecule has 0 aromatic heterocycles. The van der Waals surface area contributed by atoms with Crippen LogP contribution in [0.4, 0.5) is 0 Å². The summed E-state index contributed by atoms with van der Waals surface area (Å²) in [5.41, 5.74) is 3.95. The third-order valence-corrected chi connectivity index (χ3v) is 4.88. The van der Waals surface area contributed by atoms with Gasteiger partial charge in [-0.15, -0.1) is 0 Å². The molecular weight excluding hydrogens is 326 g/mol. The first-order valence-electron chi connectivity index (χ1n) is 9.30. The molecule has 1 aliphatic carbocycles. The van der Waals surface area contributed by atoms with Crippen LogP contribution in [0.1, 0.15) is 29.5 Å². The molecule has 2 aromatic rings. The van der Waals surface area contributed by atoms with Crippen molar-refractivity contribution in [3.8, 4) is 11.5 Å². The Hall–Kier alpha value is -2.04. The lowest BCUT2D eigenvalue weighted by atomic mass is 10.1. The normalized spacial score (nSPS) is 15.1. The van der Waals surface area contributed by atoms with Gasteiger partial charge in [-0.25, -0.2) is 0 Å². The Morgan fingerprint density at radius 3 is 2.38 bits per heavy atom. The summed E-state index contributed by atoms with van der Waals surface area (Å²) in [4.78, 5) is 2.39. The number of aliphatic hydroxyl groups excluding tert-OH is 1. The second-order valence-electron chi connectivity index (χ2n) is 7.23. The number of benzene rings is 2. The van der Waals surface area contributed by atoms with Crippen LogP contribution >= 0.6 is 0 Å². The zero-order valence-corrected chi connectivity index (χ0v) is 15.9. The predicted octanol–water partition coefficient (Wildman–Crippen LogP) is 3.72. The molecule has 0 aliphatic heterocycles. The molecular formula is C22H29NO3. The van der Waals surface area contributed by atoms with Crippen LogP contribution in [0.25, 0.3) is 0 Å². The average molecular weight is 355 g/mol. The molecule has 1 fully saturated rings. The number of rotatable bonds is 9. The number of ether oxygens (including phenoxy) is 2. The van der Waals surface area contributed by atoms with Crippen molar-refractivity contribution in [2.75, 3.05) is 20.3 Å². The second kappa shape index (κ2) is 8.56. The minimum Gasteiger partial charge on any atom is -0.497 e. The molecule has 140 valence electrons. The van der Waals surface area contributed by atoms with E-state index in [1.165, 1.54) is 29.5 Å². The number of nitrogens with zero attached hydrogens (tertiary/aromatic N) is 1. The summed E-state index contributed by atoms with van der Waals surface area (Å²) in [6.07, 6.45) is 1.93. The Morgan fingerprint density at radius 2 is 1.77 bits per heavy atom. The minimum absolute atomic E-state index is 0.294. The van der Waals surface area contributed by atoms with Gasteiger partial charge in [0.25, 0.3) is 0 Å². The SMILES string of the molecule is COc1ccc(OC[C@@H](O)CN(Cc2ccc(C)cc2C)C2CC2)cc1. The van der Waals surface area contributed by atoms with E-state index >= 15 is 0 Å². The van der Waals surface area contributed by atoms with Crippen LogP contribution in [-0.2, 0) is 6.54 Å². The lowest BCUT2D eigenvalue weighted by Crippen LogP contribution is -2.36. The van der Waals surface area contributed by atoms with Gasteiger partial charge in [-0.2, -0.15) is 0 Å². The van der Waals surface area contributed by atoms with E-state index in [4.69, 9.17) is 9.47 Å². The topological polar surface area (TPSA) is 41.9 Å². The van der Waals surface area contributed by atoms with Crippen LogP contribution in [0.2, 0.25) is 0 Å². The Morgan fingerprint density at radius 1 is 1.08 bits per heavy atom. The van der Waals surface area contributed by atoms with Gasteiger partial charge in [-0.3, -0.25) is 4.90 Å². The summed E-state index contributed by atoms with van der Waals surface area (Å²) in [7, 11) is 1.64. The van der Waals surface area contributed by atoms with Gasteiger partial charge >= 0.3 is 0 Å². The number of aryl methyl sites for hydroxylation is 2. The molecule has 4 heteroatoms. The van der Waals surface area contributed by atoms with Crippen molar-refractivity contribution in [2.45, 2.75) is 45.4 Å². The standard InChI is InChI=1S/C22H29NO3/c1-16-4-5-18(17(2)12-16)13-23(19-6-7-19)14-20(24)15-26-22-10-8-21(25-3)9-11-22/h4-5,8-12,19-20,24H,6-7,13-15H2,1-3H3/t20-/m0/s1. The number of hydrogen-bond acceptors (Lipinski definition) is 4. The summed E-state index contributed by atoms with van der Waals surface area (Å²) in [5, 5.41) is 10.5. The molecule has 4 nitrogen and oxygen atoms in total. The van der Waals surface area contributed by atoms with Gasteiger partial charge in [-0.05, 0) is 62.1 Å². The number of methoxy groups -OCH3 is 1. The van der Waals surface area contributed by atoms with Gasteiger partial charge in [0.2, 0.25) is 0 Å². The van der Waals surface area contributed by atoms with Crippen molar-refractivity contribution in [2.24, 2.45) is 0 Å². The van der Waals surface area contributed by atoms with Crippen LogP contribution in [0.15, 0.2) is 42.5 Å². The first-order chi connectivity index (χ1) is 12.5. The molecule has 0 radical (unpaired) electrons. The van der Waals surface area contributed by atoms with Crippen molar-refractivity contribution in [3.63, 3.8) is 0 Å². The number of hydrogen-bond donors (Lipinski definition) is 1. The van der Waals surface area contributed by atoms with E-state index in [9.17, 15) is 5.11 Å². The van der Waals surface area contributed by atoms with E-state index < -0.39 is 6.10 Å². The quantitative estimate of drug-likeness (QED) is 0.744. The predicted molar refractivity (Wildman–Crippen MR) is 104 cm³/mol. The van der Waals surface area contributed by atoms with E-state index in [1.807, 2.05) is 24.3 Å². The third-order valence-electron chi connectivity index (χ3n) is 4.88. The zero-order chi connectivity index (χ0) is 18.5. The molecule has 0 bridgehead atoms. The van der Waals surface area contributed by atoms with Crippen molar-refractivity contribution in [3.05, 3.63) is 59.2 Å². The van der Waals surface area contributed by atoms with Gasteiger partial charge < -0.3 is 14.6 Å². The summed E-state index contributed by atoms with van der Waals surface area (Å²) in [5.74, 6) is 1.54. The maximum atomic E-state index is 10.5. The van der Waals surface area contributed by atoms with E-state index in [2.05, 4.69) is 36.9 Å². The minimum atomic E-state index is -0.511. The molecule has 0 spiro atoms. The van der Waals surface area contributed by atoms with Gasteiger partial charge in [0, 0.05) is 19.1 Å². The number of aliphatic hydroxyl groups is 1. The fourth-order valence-electron chi connectivity index (χ4n) is 3.21. The van der Waals surface area contributed by atoms with E-state index in [1.54, 1.807) is 7.11 Å². The Labute approximate surface area is 156 Å². The highest BCUT2D eigenvalue weighted by Crippen LogP contribution is 2.29. The molecule has 26 heavy (non-hydrogen) atoms. The Kier molecular flexibility index (Phi) is 6.17. The Bertz CT molecular complexity index is 710. The van der Waals surface area contributed by atoms with Crippen LogP contribution in [0.5, 0.6) is 11.5 Å². The highest BCUT2D eigenvalue weighted by Gasteiger charge is 2.30. The molecule has 1 atom stereocenters. The second-order valence-corrected chi connectivity index (χ2v) is 7.23. The molecule has 1 saturated carbocycles. The van der Waals surface area contributed by atoms with Gasteiger partial charge in [0.1, 0.15) is 24.2 Å². The highest BCUT2D eigenvalue weighted by atomic mass is 16.5. The highest BCUT2D eigenvalue weighted by molar-refractivity contribution is 5.31. The van der Waals surface area contributed by atoms with E-state index in [0.29, 0.717) is 19.2 Å². The lowest BCUT2D eigenvalue weighted by molar-refractivity contribution is 0.0625. The molecule has 2 aromatic carbocycles. The van der Waals surface area contributed by atoms with Gasteiger partial charge in [0.15, 0.2) is 0 Å². The molecule has 0 heterocycles. The first kappa shape index (κ1) is 18.7. The molecule has 0 amide bonds. The summed E-state index contributed by atoms with van der Waals surface area (Å²) >= 11 is 0. The van der Waals surface area contributed by atoms with Crippen molar-refractivity contribution in [1.29, 1.82) is 0 Å². The van der Waals surface area contributed by atoms with Gasteiger partial charge in [0.05, 0.1) is 7.11 Å². The maximum Gasteiger partial charge on any atom is 0.119 e. The summed E-state index contributed by atoms with van der Waals surface area (Å²) in [6.45, 7) is 6.10. The van der Waals surface area contributed by atoms with Crippen LogP contribution < -0.4 is 9.47 Å². The molecule has 0 saturated heterocycles. The summed E-state index contributed by atoms with van der Waals surface area (Å²) < 4.78 is 10.9. The molecule has 3 rings (SSSR count). The first-order valence-corrected chi connectivity index (χ1v) is 9.30. The smallest absolute Gasteiger partial charge is 0.119 e. The van der Waals surface area contributed by atoms with Gasteiger partial charge in [-0.1, -0.05) is 23.8 Å². The molecule has 1 aliphatic rings. The fourth-order valence-corrected chi connectivity index (χ4v) is 3.21. The van der Waals surface area contributed by atoms with Crippen LogP contribution in [0.3, 0.4) is 0 Å². The average Bonchev–Trinajstić information content (AvgIpc) is 3.47. The largest absolute Gasteiger partial charge is 0.497 e. The monoisotopic (exact) mass is 355 g/mol. The molecule has 0 unspecified atom stereocenters. The maximum absolute atomic E-state index is 10.5. The zero-order valence-electron chi connectivity index (χ0n) is 15.9. The van der Waals surface area contributed by atoms with Crippen LogP contribution in [-0.4, -0.2) is 42.4 Å². The molecule has 1 N–H and O–H groups in total.